The number of fused-ring (bicyclic) bond motifs is 1. The maximum atomic E-state index is 12.6. The molecule has 7 nitrogen and oxygen atoms in total. The Kier molecular flexibility index (Phi) is 4.99. The highest BCUT2D eigenvalue weighted by molar-refractivity contribution is 6.10. The van der Waals surface area contributed by atoms with Crippen LogP contribution in [0.15, 0.2) is 54.2 Å². The van der Waals surface area contributed by atoms with Crippen LogP contribution in [0.1, 0.15) is 18.1 Å². The molecule has 1 amide bonds. The van der Waals surface area contributed by atoms with Crippen LogP contribution in [-0.4, -0.2) is 22.9 Å². The highest BCUT2D eigenvalue weighted by Gasteiger charge is 2.17. The number of carbonyl (C=O) groups excluding carboxylic acids is 1. The van der Waals surface area contributed by atoms with Crippen molar-refractivity contribution in [1.82, 2.24) is 10.2 Å². The minimum atomic E-state index is -0.477. The van der Waals surface area contributed by atoms with Crippen LogP contribution in [-0.2, 0) is 11.2 Å². The number of nitriles is 1. The Hall–Kier alpha value is -4.05. The number of nitrogens with one attached hydrogen (secondary N) is 2. The molecule has 1 aliphatic heterocycles. The predicted molar refractivity (Wildman–Crippen MR) is 108 cm³/mol. The molecule has 0 bridgehead atoms. The van der Waals surface area contributed by atoms with Crippen molar-refractivity contribution in [2.24, 2.45) is 0 Å². The number of amides is 1. The summed E-state index contributed by atoms with van der Waals surface area (Å²) in [6.45, 7) is 2.25. The molecule has 3 aromatic rings. The summed E-state index contributed by atoms with van der Waals surface area (Å²) in [7, 11) is 0. The summed E-state index contributed by atoms with van der Waals surface area (Å²) in [4.78, 5) is 12.6. The Morgan fingerprint density at radius 1 is 1.24 bits per heavy atom. The summed E-state index contributed by atoms with van der Waals surface area (Å²) in [5, 5.41) is 19.2. The van der Waals surface area contributed by atoms with E-state index in [2.05, 4.69) is 22.4 Å². The lowest BCUT2D eigenvalue weighted by molar-refractivity contribution is -0.112. The first-order chi connectivity index (χ1) is 14.2. The van der Waals surface area contributed by atoms with E-state index in [-0.39, 0.29) is 12.4 Å². The molecule has 0 radical (unpaired) electrons. The molecule has 7 heteroatoms. The van der Waals surface area contributed by atoms with Crippen molar-refractivity contribution in [2.75, 3.05) is 12.1 Å². The molecule has 2 N–H and O–H groups in total. The standard InChI is InChI=1S/C22H18N4O3/c1-2-14-3-6-18(7-4-14)25-22(27)16(11-23)9-17-12-24-26-21(17)15-5-8-19-20(10-15)29-13-28-19/h3-10,12H,2,13H2,1H3,(H,24,26)(H,25,27)/b16-9-. The maximum absolute atomic E-state index is 12.6. The Labute approximate surface area is 167 Å². The molecule has 0 saturated carbocycles. The van der Waals surface area contributed by atoms with Crippen LogP contribution in [0.4, 0.5) is 5.69 Å². The number of hydrogen-bond donors (Lipinski definition) is 2. The van der Waals surface area contributed by atoms with Crippen molar-refractivity contribution < 1.29 is 14.3 Å². The quantitative estimate of drug-likeness (QED) is 0.511. The van der Waals surface area contributed by atoms with Gasteiger partial charge in [-0.2, -0.15) is 10.4 Å². The third-order valence-corrected chi connectivity index (χ3v) is 4.61. The summed E-state index contributed by atoms with van der Waals surface area (Å²) in [5.41, 5.74) is 3.90. The van der Waals surface area contributed by atoms with Gasteiger partial charge in [-0.15, -0.1) is 0 Å². The maximum Gasteiger partial charge on any atom is 0.266 e. The summed E-state index contributed by atoms with van der Waals surface area (Å²) in [5.74, 6) is 0.840. The molecule has 0 unspecified atom stereocenters. The lowest BCUT2D eigenvalue weighted by atomic mass is 10.1. The number of rotatable bonds is 5. The fourth-order valence-electron chi connectivity index (χ4n) is 3.01. The molecule has 0 aliphatic carbocycles. The molecule has 144 valence electrons. The van der Waals surface area contributed by atoms with E-state index in [1.807, 2.05) is 48.5 Å². The lowest BCUT2D eigenvalue weighted by Crippen LogP contribution is -2.13. The number of aryl methyl sites for hydroxylation is 1. The highest BCUT2D eigenvalue weighted by Crippen LogP contribution is 2.36. The number of nitrogens with zero attached hydrogens (tertiary/aromatic N) is 2. The van der Waals surface area contributed by atoms with Crippen molar-refractivity contribution in [3.63, 3.8) is 0 Å². The average molecular weight is 386 g/mol. The van der Waals surface area contributed by atoms with Crippen LogP contribution in [0.5, 0.6) is 11.5 Å². The van der Waals surface area contributed by atoms with Crippen LogP contribution in [0.25, 0.3) is 17.3 Å². The van der Waals surface area contributed by atoms with Gasteiger partial charge in [-0.25, -0.2) is 0 Å². The summed E-state index contributed by atoms with van der Waals surface area (Å²) >= 11 is 0. The largest absolute Gasteiger partial charge is 0.454 e. The first kappa shape index (κ1) is 18.3. The van der Waals surface area contributed by atoms with E-state index in [1.165, 1.54) is 11.6 Å². The van der Waals surface area contributed by atoms with Crippen LogP contribution in [0, 0.1) is 11.3 Å². The van der Waals surface area contributed by atoms with Gasteiger partial charge < -0.3 is 14.8 Å². The number of ether oxygens (including phenoxy) is 2. The zero-order valence-electron chi connectivity index (χ0n) is 15.7. The Bertz CT molecular complexity index is 1120. The zero-order valence-corrected chi connectivity index (χ0v) is 15.7. The smallest absolute Gasteiger partial charge is 0.266 e. The number of carbonyl (C=O) groups is 1. The molecule has 2 heterocycles. The number of aromatic nitrogens is 2. The van der Waals surface area contributed by atoms with Gasteiger partial charge in [0.2, 0.25) is 6.79 Å². The van der Waals surface area contributed by atoms with E-state index in [1.54, 1.807) is 6.20 Å². The zero-order chi connectivity index (χ0) is 20.2. The molecular weight excluding hydrogens is 368 g/mol. The van der Waals surface area contributed by atoms with Gasteiger partial charge in [-0.3, -0.25) is 9.89 Å². The molecule has 2 aromatic carbocycles. The van der Waals surface area contributed by atoms with E-state index in [0.717, 1.165) is 12.0 Å². The van der Waals surface area contributed by atoms with Gasteiger partial charge in [-0.05, 0) is 48.4 Å². The molecule has 29 heavy (non-hydrogen) atoms. The van der Waals surface area contributed by atoms with Gasteiger partial charge in [0, 0.05) is 16.8 Å². The highest BCUT2D eigenvalue weighted by atomic mass is 16.7. The predicted octanol–water partition coefficient (Wildman–Crippen LogP) is 3.91. The fourth-order valence-corrected chi connectivity index (χ4v) is 3.01. The normalized spacial score (nSPS) is 12.5. The molecule has 1 aliphatic rings. The average Bonchev–Trinajstić information content (AvgIpc) is 3.41. The Balaban J connectivity index is 1.58. The first-order valence-corrected chi connectivity index (χ1v) is 9.13. The van der Waals surface area contributed by atoms with Crippen molar-refractivity contribution in [2.45, 2.75) is 13.3 Å². The lowest BCUT2D eigenvalue weighted by Gasteiger charge is -2.06. The van der Waals surface area contributed by atoms with Gasteiger partial charge in [0.1, 0.15) is 11.6 Å². The van der Waals surface area contributed by atoms with E-state index < -0.39 is 5.91 Å². The Morgan fingerprint density at radius 2 is 2.03 bits per heavy atom. The van der Waals surface area contributed by atoms with Gasteiger partial charge in [-0.1, -0.05) is 19.1 Å². The Morgan fingerprint density at radius 3 is 2.79 bits per heavy atom. The number of anilines is 1. The van der Waals surface area contributed by atoms with Crippen molar-refractivity contribution in [3.05, 3.63) is 65.4 Å². The molecule has 0 atom stereocenters. The van der Waals surface area contributed by atoms with E-state index >= 15 is 0 Å². The number of H-pyrrole nitrogens is 1. The van der Waals surface area contributed by atoms with Crippen LogP contribution in [0.3, 0.4) is 0 Å². The molecule has 0 fully saturated rings. The molecular formula is C22H18N4O3. The first-order valence-electron chi connectivity index (χ1n) is 9.13. The monoisotopic (exact) mass is 386 g/mol. The van der Waals surface area contributed by atoms with Gasteiger partial charge in [0.15, 0.2) is 11.5 Å². The third kappa shape index (κ3) is 3.82. The van der Waals surface area contributed by atoms with Crippen molar-refractivity contribution in [3.8, 4) is 28.8 Å². The van der Waals surface area contributed by atoms with Gasteiger partial charge >= 0.3 is 0 Å². The molecule has 0 spiro atoms. The SMILES string of the molecule is CCc1ccc(NC(=O)/C(C#N)=C\c2cn[nH]c2-c2ccc3c(c2)OCO3)cc1. The van der Waals surface area contributed by atoms with Gasteiger partial charge in [0.05, 0.1) is 11.9 Å². The molecule has 1 aromatic heterocycles. The minimum Gasteiger partial charge on any atom is -0.454 e. The van der Waals surface area contributed by atoms with E-state index in [4.69, 9.17) is 9.47 Å². The second-order valence-corrected chi connectivity index (χ2v) is 6.44. The van der Waals surface area contributed by atoms with Crippen LogP contribution < -0.4 is 14.8 Å². The second-order valence-electron chi connectivity index (χ2n) is 6.44. The minimum absolute atomic E-state index is 0.0204. The summed E-state index contributed by atoms with van der Waals surface area (Å²) < 4.78 is 10.7. The van der Waals surface area contributed by atoms with Crippen LogP contribution in [0.2, 0.25) is 0 Å². The van der Waals surface area contributed by atoms with Crippen LogP contribution >= 0.6 is 0 Å². The topological polar surface area (TPSA) is 100 Å². The molecule has 0 saturated heterocycles. The summed E-state index contributed by atoms with van der Waals surface area (Å²) in [6.07, 6.45) is 4.00. The number of benzene rings is 2. The summed E-state index contributed by atoms with van der Waals surface area (Å²) in [6, 6.07) is 15.0. The number of hydrogen-bond acceptors (Lipinski definition) is 5. The molecule has 4 rings (SSSR count). The number of aromatic amines is 1. The third-order valence-electron chi connectivity index (χ3n) is 4.61. The van der Waals surface area contributed by atoms with Crippen molar-refractivity contribution >= 4 is 17.7 Å². The van der Waals surface area contributed by atoms with E-state index in [9.17, 15) is 10.1 Å². The van der Waals surface area contributed by atoms with Crippen molar-refractivity contribution in [1.29, 1.82) is 5.26 Å². The fraction of sp³-hybridized carbons (Fsp3) is 0.136. The van der Waals surface area contributed by atoms with E-state index in [0.29, 0.717) is 28.4 Å². The second kappa shape index (κ2) is 7.90. The van der Waals surface area contributed by atoms with Gasteiger partial charge in [0.25, 0.3) is 5.91 Å².